The molecule has 0 radical (unpaired) electrons. The van der Waals surface area contributed by atoms with Crippen molar-refractivity contribution in [2.24, 2.45) is 0 Å². The predicted octanol–water partition coefficient (Wildman–Crippen LogP) is 5.95. The normalized spacial score (nSPS) is 14.0. The topological polar surface area (TPSA) is 99.9 Å². The van der Waals surface area contributed by atoms with Crippen LogP contribution in [0.1, 0.15) is 42.8 Å². The molecule has 3 aromatic heterocycles. The molecule has 1 fully saturated rings. The second-order valence-corrected chi connectivity index (χ2v) is 9.82. The summed E-state index contributed by atoms with van der Waals surface area (Å²) in [5.74, 6) is 1.16. The van der Waals surface area contributed by atoms with Crippen LogP contribution in [0.25, 0.3) is 22.4 Å². The molecule has 5 aromatic rings. The Hall–Kier alpha value is -4.51. The van der Waals surface area contributed by atoms with Crippen molar-refractivity contribution in [1.29, 1.82) is 0 Å². The van der Waals surface area contributed by atoms with E-state index in [0.29, 0.717) is 54.3 Å². The van der Waals surface area contributed by atoms with Crippen LogP contribution in [0.2, 0.25) is 0 Å². The van der Waals surface area contributed by atoms with Gasteiger partial charge in [0.05, 0.1) is 18.7 Å². The first-order valence-electron chi connectivity index (χ1n) is 13.6. The SMILES string of the molecule is CCOc1cc(F)c(Cn2nc(-c3nc(Nc4ccnc(C)n4)cc(C4CCOCC4)n3)c3ccccc32)c(F)c1. The average molecular weight is 558 g/mol. The Balaban J connectivity index is 1.44. The zero-order chi connectivity index (χ0) is 28.3. The van der Waals surface area contributed by atoms with Crippen molar-refractivity contribution in [2.45, 2.75) is 39.2 Å². The minimum absolute atomic E-state index is 0.105. The molecule has 0 aliphatic carbocycles. The summed E-state index contributed by atoms with van der Waals surface area (Å²) in [4.78, 5) is 18.4. The van der Waals surface area contributed by atoms with Gasteiger partial charge < -0.3 is 14.8 Å². The largest absolute Gasteiger partial charge is 0.494 e. The monoisotopic (exact) mass is 557 g/mol. The summed E-state index contributed by atoms with van der Waals surface area (Å²) in [6, 6.07) is 13.6. The van der Waals surface area contributed by atoms with Crippen LogP contribution in [0, 0.1) is 18.6 Å². The van der Waals surface area contributed by atoms with Crippen molar-refractivity contribution in [2.75, 3.05) is 25.1 Å². The molecule has 0 bridgehead atoms. The summed E-state index contributed by atoms with van der Waals surface area (Å²) in [5.41, 5.74) is 1.99. The van der Waals surface area contributed by atoms with Crippen LogP contribution in [0.3, 0.4) is 0 Å². The van der Waals surface area contributed by atoms with Crippen molar-refractivity contribution in [3.8, 4) is 17.3 Å². The van der Waals surface area contributed by atoms with Gasteiger partial charge in [-0.2, -0.15) is 5.10 Å². The van der Waals surface area contributed by atoms with E-state index < -0.39 is 11.6 Å². The van der Waals surface area contributed by atoms with Crippen LogP contribution in [0.5, 0.6) is 5.75 Å². The van der Waals surface area contributed by atoms with Gasteiger partial charge in [0.1, 0.15) is 40.5 Å². The highest BCUT2D eigenvalue weighted by Crippen LogP contribution is 2.32. The fraction of sp³-hybridized carbons (Fsp3) is 0.300. The van der Waals surface area contributed by atoms with E-state index in [0.717, 1.165) is 23.9 Å². The molecule has 0 unspecified atom stereocenters. The number of para-hydroxylation sites is 1. The maximum atomic E-state index is 15.0. The van der Waals surface area contributed by atoms with E-state index in [1.54, 1.807) is 23.9 Å². The lowest BCUT2D eigenvalue weighted by Crippen LogP contribution is -2.16. The van der Waals surface area contributed by atoms with Gasteiger partial charge in [0, 0.05) is 60.2 Å². The van der Waals surface area contributed by atoms with Crippen LogP contribution in [-0.4, -0.2) is 49.5 Å². The number of aryl methyl sites for hydroxylation is 1. The van der Waals surface area contributed by atoms with Crippen molar-refractivity contribution < 1.29 is 18.3 Å². The fourth-order valence-corrected chi connectivity index (χ4v) is 5.04. The lowest BCUT2D eigenvalue weighted by atomic mass is 9.96. The minimum atomic E-state index is -0.695. The molecule has 0 amide bonds. The molecule has 210 valence electrons. The van der Waals surface area contributed by atoms with Gasteiger partial charge in [-0.15, -0.1) is 0 Å². The van der Waals surface area contributed by atoms with Crippen LogP contribution < -0.4 is 10.1 Å². The molecule has 11 heteroatoms. The van der Waals surface area contributed by atoms with E-state index in [9.17, 15) is 8.78 Å². The number of benzene rings is 2. The third-order valence-electron chi connectivity index (χ3n) is 7.02. The van der Waals surface area contributed by atoms with Crippen LogP contribution in [0.15, 0.2) is 54.7 Å². The van der Waals surface area contributed by atoms with Gasteiger partial charge in [-0.3, -0.25) is 4.68 Å². The quantitative estimate of drug-likeness (QED) is 0.250. The summed E-state index contributed by atoms with van der Waals surface area (Å²) in [6.45, 7) is 5.10. The third-order valence-corrected chi connectivity index (χ3v) is 7.02. The maximum Gasteiger partial charge on any atom is 0.182 e. The van der Waals surface area contributed by atoms with E-state index in [4.69, 9.17) is 24.5 Å². The Morgan fingerprint density at radius 1 is 1.00 bits per heavy atom. The second-order valence-electron chi connectivity index (χ2n) is 9.82. The van der Waals surface area contributed by atoms with Crippen LogP contribution in [0.4, 0.5) is 20.4 Å². The van der Waals surface area contributed by atoms with E-state index in [1.165, 1.54) is 12.1 Å². The van der Waals surface area contributed by atoms with Crippen molar-refractivity contribution in [3.63, 3.8) is 0 Å². The first kappa shape index (κ1) is 26.7. The zero-order valence-corrected chi connectivity index (χ0v) is 22.8. The zero-order valence-electron chi connectivity index (χ0n) is 22.8. The number of fused-ring (bicyclic) bond motifs is 1. The molecule has 1 aliphatic heterocycles. The third kappa shape index (κ3) is 5.71. The summed E-state index contributed by atoms with van der Waals surface area (Å²) < 4.78 is 42.4. The highest BCUT2D eigenvalue weighted by molar-refractivity contribution is 5.91. The van der Waals surface area contributed by atoms with E-state index >= 15 is 0 Å². The van der Waals surface area contributed by atoms with Gasteiger partial charge >= 0.3 is 0 Å². The number of aromatic nitrogens is 6. The van der Waals surface area contributed by atoms with E-state index in [2.05, 4.69) is 15.3 Å². The van der Waals surface area contributed by atoms with Gasteiger partial charge in [0.25, 0.3) is 0 Å². The Bertz CT molecular complexity index is 1680. The number of halogens is 2. The number of ether oxygens (including phenoxy) is 2. The average Bonchev–Trinajstić information content (AvgIpc) is 3.34. The molecule has 2 aromatic carbocycles. The molecular formula is C30H29F2N7O2. The Labute approximate surface area is 235 Å². The van der Waals surface area contributed by atoms with Gasteiger partial charge in [-0.05, 0) is 38.8 Å². The lowest BCUT2D eigenvalue weighted by Gasteiger charge is -2.22. The standard InChI is InChI=1S/C30H29F2N7O2/c1-3-41-20-14-23(31)22(24(32)15-20)17-39-26-7-5-4-6-21(26)29(38-39)30-35-25(19-9-12-40-13-10-19)16-28(37-30)36-27-8-11-33-18(2)34-27/h4-8,11,14-16,19H,3,9-10,12-13,17H2,1-2H3,(H,33,34,35,36,37). The molecular weight excluding hydrogens is 528 g/mol. The smallest absolute Gasteiger partial charge is 0.182 e. The number of hydrogen-bond acceptors (Lipinski definition) is 8. The lowest BCUT2D eigenvalue weighted by molar-refractivity contribution is 0.0845. The Morgan fingerprint density at radius 3 is 2.54 bits per heavy atom. The summed E-state index contributed by atoms with van der Waals surface area (Å²) >= 11 is 0. The number of rotatable bonds is 8. The molecule has 1 aliphatic rings. The molecule has 6 rings (SSSR count). The molecule has 9 nitrogen and oxygen atoms in total. The number of nitrogens with one attached hydrogen (secondary N) is 1. The van der Waals surface area contributed by atoms with Crippen molar-refractivity contribution in [1.82, 2.24) is 29.7 Å². The fourth-order valence-electron chi connectivity index (χ4n) is 5.04. The Morgan fingerprint density at radius 2 is 1.78 bits per heavy atom. The van der Waals surface area contributed by atoms with Gasteiger partial charge in [0.2, 0.25) is 0 Å². The van der Waals surface area contributed by atoms with E-state index in [-0.39, 0.29) is 23.8 Å². The van der Waals surface area contributed by atoms with Crippen LogP contribution in [-0.2, 0) is 11.3 Å². The van der Waals surface area contributed by atoms with Gasteiger partial charge in [-0.1, -0.05) is 18.2 Å². The van der Waals surface area contributed by atoms with Gasteiger partial charge in [-0.25, -0.2) is 28.7 Å². The summed E-state index contributed by atoms with van der Waals surface area (Å²) in [5, 5.41) is 8.84. The molecule has 1 N–H and O–H groups in total. The summed E-state index contributed by atoms with van der Waals surface area (Å²) in [6.07, 6.45) is 3.36. The Kier molecular flexibility index (Phi) is 7.51. The molecule has 1 saturated heterocycles. The number of nitrogens with zero attached hydrogens (tertiary/aromatic N) is 6. The number of hydrogen-bond donors (Lipinski definition) is 1. The van der Waals surface area contributed by atoms with Crippen molar-refractivity contribution in [3.05, 3.63) is 83.4 Å². The highest BCUT2D eigenvalue weighted by atomic mass is 19.1. The minimum Gasteiger partial charge on any atom is -0.494 e. The van der Waals surface area contributed by atoms with Crippen molar-refractivity contribution >= 4 is 22.5 Å². The summed E-state index contributed by atoms with van der Waals surface area (Å²) in [7, 11) is 0. The molecule has 41 heavy (non-hydrogen) atoms. The predicted molar refractivity (Wildman–Crippen MR) is 150 cm³/mol. The first-order valence-corrected chi connectivity index (χ1v) is 13.6. The molecule has 0 atom stereocenters. The highest BCUT2D eigenvalue weighted by Gasteiger charge is 2.23. The second kappa shape index (κ2) is 11.5. The maximum absolute atomic E-state index is 15.0. The number of anilines is 2. The molecule has 0 spiro atoms. The molecule has 4 heterocycles. The first-order chi connectivity index (χ1) is 20.0. The van der Waals surface area contributed by atoms with E-state index in [1.807, 2.05) is 37.3 Å². The van der Waals surface area contributed by atoms with Gasteiger partial charge in [0.15, 0.2) is 5.82 Å². The van der Waals surface area contributed by atoms with Crippen LogP contribution >= 0.6 is 0 Å². The molecule has 0 saturated carbocycles.